The normalized spacial score (nSPS) is 12.1. The maximum atomic E-state index is 12.7. The number of benzene rings is 1. The molecule has 0 aliphatic heterocycles. The first-order chi connectivity index (χ1) is 9.95. The minimum atomic E-state index is -4.37. The van der Waals surface area contributed by atoms with Crippen LogP contribution in [0.4, 0.5) is 19.1 Å². The van der Waals surface area contributed by atoms with Gasteiger partial charge in [-0.15, -0.1) is 0 Å². The van der Waals surface area contributed by atoms with Gasteiger partial charge in [0, 0.05) is 6.54 Å². The van der Waals surface area contributed by atoms with E-state index in [0.717, 1.165) is 18.6 Å². The van der Waals surface area contributed by atoms with Crippen LogP contribution in [0.25, 0.3) is 11.0 Å². The van der Waals surface area contributed by atoms with Crippen molar-refractivity contribution in [1.29, 1.82) is 0 Å². The van der Waals surface area contributed by atoms with E-state index in [4.69, 9.17) is 5.73 Å². The highest BCUT2D eigenvalue weighted by atomic mass is 32.1. The van der Waals surface area contributed by atoms with Crippen LogP contribution < -0.4 is 5.73 Å². The van der Waals surface area contributed by atoms with Crippen LogP contribution >= 0.6 is 11.3 Å². The molecule has 3 aromatic rings. The van der Waals surface area contributed by atoms with E-state index in [9.17, 15) is 13.2 Å². The molecule has 0 spiro atoms. The van der Waals surface area contributed by atoms with Gasteiger partial charge >= 0.3 is 6.18 Å². The number of hydrogen-bond acceptors (Lipinski definition) is 3. The van der Waals surface area contributed by atoms with Gasteiger partial charge in [0.2, 0.25) is 5.95 Å². The van der Waals surface area contributed by atoms with Crippen LogP contribution in [0.1, 0.15) is 11.1 Å². The van der Waals surface area contributed by atoms with E-state index < -0.39 is 11.7 Å². The SMILES string of the molecule is Nc1nc2cc(C(F)(F)F)ccc2n1CCc1ccsc1. The molecular weight excluding hydrogens is 299 g/mol. The van der Waals surface area contributed by atoms with E-state index in [-0.39, 0.29) is 11.5 Å². The predicted octanol–water partition coefficient (Wildman–Crippen LogP) is 3.94. The molecule has 2 heterocycles. The lowest BCUT2D eigenvalue weighted by Crippen LogP contribution is -2.06. The smallest absolute Gasteiger partial charge is 0.369 e. The number of nitrogens with two attached hydrogens (primary N) is 1. The molecule has 0 amide bonds. The molecule has 21 heavy (non-hydrogen) atoms. The highest BCUT2D eigenvalue weighted by Gasteiger charge is 2.31. The highest BCUT2D eigenvalue weighted by molar-refractivity contribution is 7.07. The molecule has 3 rings (SSSR count). The topological polar surface area (TPSA) is 43.8 Å². The highest BCUT2D eigenvalue weighted by Crippen LogP contribution is 2.31. The van der Waals surface area contributed by atoms with Gasteiger partial charge in [0.05, 0.1) is 16.6 Å². The fourth-order valence-corrected chi connectivity index (χ4v) is 2.94. The van der Waals surface area contributed by atoms with Crippen molar-refractivity contribution < 1.29 is 13.2 Å². The molecule has 0 fully saturated rings. The van der Waals surface area contributed by atoms with Gasteiger partial charge in [0.15, 0.2) is 0 Å². The van der Waals surface area contributed by atoms with E-state index in [1.54, 1.807) is 15.9 Å². The number of fused-ring (bicyclic) bond motifs is 1. The molecule has 2 aromatic heterocycles. The quantitative estimate of drug-likeness (QED) is 0.796. The summed E-state index contributed by atoms with van der Waals surface area (Å²) in [6.07, 6.45) is -3.61. The molecule has 0 saturated heterocycles. The third-order valence-electron chi connectivity index (χ3n) is 3.31. The Hall–Kier alpha value is -2.02. The summed E-state index contributed by atoms with van der Waals surface area (Å²) in [6.45, 7) is 0.588. The van der Waals surface area contributed by atoms with Crippen LogP contribution in [0.15, 0.2) is 35.0 Å². The Morgan fingerprint density at radius 3 is 2.71 bits per heavy atom. The van der Waals surface area contributed by atoms with Crippen molar-refractivity contribution in [1.82, 2.24) is 9.55 Å². The lowest BCUT2D eigenvalue weighted by molar-refractivity contribution is -0.137. The molecule has 0 bridgehead atoms. The van der Waals surface area contributed by atoms with Crippen molar-refractivity contribution in [3.05, 3.63) is 46.2 Å². The number of aryl methyl sites for hydroxylation is 2. The summed E-state index contributed by atoms with van der Waals surface area (Å²) in [7, 11) is 0. The molecule has 0 saturated carbocycles. The Balaban J connectivity index is 1.94. The van der Waals surface area contributed by atoms with Crippen molar-refractivity contribution >= 4 is 28.3 Å². The van der Waals surface area contributed by atoms with Crippen LogP contribution in [-0.4, -0.2) is 9.55 Å². The summed E-state index contributed by atoms with van der Waals surface area (Å²) < 4.78 is 39.8. The Kier molecular flexibility index (Phi) is 3.36. The number of imidazole rings is 1. The van der Waals surface area contributed by atoms with Gasteiger partial charge in [-0.2, -0.15) is 24.5 Å². The average molecular weight is 311 g/mol. The van der Waals surface area contributed by atoms with Crippen molar-refractivity contribution in [2.45, 2.75) is 19.1 Å². The molecule has 3 nitrogen and oxygen atoms in total. The minimum absolute atomic E-state index is 0.236. The molecule has 0 unspecified atom stereocenters. The lowest BCUT2D eigenvalue weighted by atomic mass is 10.2. The van der Waals surface area contributed by atoms with Gasteiger partial charge in [-0.05, 0) is 47.0 Å². The van der Waals surface area contributed by atoms with Gasteiger partial charge in [-0.25, -0.2) is 4.98 Å². The number of aromatic nitrogens is 2. The van der Waals surface area contributed by atoms with Crippen molar-refractivity contribution in [3.63, 3.8) is 0 Å². The number of nitrogens with zero attached hydrogens (tertiary/aromatic N) is 2. The molecular formula is C14H12F3N3S. The lowest BCUT2D eigenvalue weighted by Gasteiger charge is -2.07. The molecule has 7 heteroatoms. The van der Waals surface area contributed by atoms with Crippen LogP contribution in [0.5, 0.6) is 0 Å². The summed E-state index contributed by atoms with van der Waals surface area (Å²) in [5, 5.41) is 4.03. The zero-order valence-electron chi connectivity index (χ0n) is 10.9. The Bertz CT molecular complexity index is 760. The fraction of sp³-hybridized carbons (Fsp3) is 0.214. The van der Waals surface area contributed by atoms with Gasteiger partial charge in [0.25, 0.3) is 0 Å². The number of rotatable bonds is 3. The van der Waals surface area contributed by atoms with Crippen molar-refractivity contribution in [2.24, 2.45) is 0 Å². The third kappa shape index (κ3) is 2.73. The van der Waals surface area contributed by atoms with Gasteiger partial charge in [-0.1, -0.05) is 0 Å². The standard InChI is InChI=1S/C14H12F3N3S/c15-14(16,17)10-1-2-12-11(7-10)19-13(18)20(12)5-3-9-4-6-21-8-9/h1-2,4,6-8H,3,5H2,(H2,18,19). The summed E-state index contributed by atoms with van der Waals surface area (Å²) in [5.74, 6) is 0.236. The predicted molar refractivity (Wildman–Crippen MR) is 77.2 cm³/mol. The second-order valence-corrected chi connectivity index (χ2v) is 5.48. The number of hydrogen-bond donors (Lipinski definition) is 1. The van der Waals surface area contributed by atoms with E-state index in [1.807, 2.05) is 16.8 Å². The first kappa shape index (κ1) is 13.9. The van der Waals surface area contributed by atoms with E-state index in [2.05, 4.69) is 4.98 Å². The number of thiophene rings is 1. The number of halogens is 3. The molecule has 0 aliphatic rings. The fourth-order valence-electron chi connectivity index (χ4n) is 2.24. The maximum absolute atomic E-state index is 12.7. The third-order valence-corrected chi connectivity index (χ3v) is 4.04. The summed E-state index contributed by atoms with van der Waals surface area (Å²) in [4.78, 5) is 4.03. The second kappa shape index (κ2) is 5.07. The molecule has 0 atom stereocenters. The van der Waals surface area contributed by atoms with Crippen LogP contribution in [0, 0.1) is 0 Å². The second-order valence-electron chi connectivity index (χ2n) is 4.70. The Morgan fingerprint density at radius 1 is 1.24 bits per heavy atom. The maximum Gasteiger partial charge on any atom is 0.416 e. The first-order valence-electron chi connectivity index (χ1n) is 6.29. The van der Waals surface area contributed by atoms with Gasteiger partial charge in [-0.3, -0.25) is 0 Å². The molecule has 110 valence electrons. The Labute approximate surface area is 122 Å². The van der Waals surface area contributed by atoms with E-state index in [1.165, 1.54) is 11.6 Å². The van der Waals surface area contributed by atoms with E-state index in [0.29, 0.717) is 12.1 Å². The van der Waals surface area contributed by atoms with Gasteiger partial charge < -0.3 is 10.3 Å². The van der Waals surface area contributed by atoms with Crippen molar-refractivity contribution in [2.75, 3.05) is 5.73 Å². The molecule has 1 aromatic carbocycles. The van der Waals surface area contributed by atoms with E-state index >= 15 is 0 Å². The Morgan fingerprint density at radius 2 is 2.05 bits per heavy atom. The average Bonchev–Trinajstić information content (AvgIpc) is 3.01. The van der Waals surface area contributed by atoms with Crippen molar-refractivity contribution in [3.8, 4) is 0 Å². The monoisotopic (exact) mass is 311 g/mol. The zero-order chi connectivity index (χ0) is 15.0. The molecule has 0 aliphatic carbocycles. The largest absolute Gasteiger partial charge is 0.416 e. The minimum Gasteiger partial charge on any atom is -0.369 e. The summed E-state index contributed by atoms with van der Waals surface area (Å²) in [6, 6.07) is 5.54. The van der Waals surface area contributed by atoms with Crippen LogP contribution in [0.3, 0.4) is 0 Å². The number of alkyl halides is 3. The summed E-state index contributed by atoms with van der Waals surface area (Å²) in [5.41, 5.74) is 7.18. The molecule has 2 N–H and O–H groups in total. The van der Waals surface area contributed by atoms with Crippen LogP contribution in [-0.2, 0) is 19.1 Å². The molecule has 0 radical (unpaired) electrons. The van der Waals surface area contributed by atoms with Gasteiger partial charge in [0.1, 0.15) is 0 Å². The summed E-state index contributed by atoms with van der Waals surface area (Å²) >= 11 is 1.61. The zero-order valence-corrected chi connectivity index (χ0v) is 11.7. The van der Waals surface area contributed by atoms with Crippen LogP contribution in [0.2, 0.25) is 0 Å². The number of nitrogen functional groups attached to an aromatic ring is 1. The first-order valence-corrected chi connectivity index (χ1v) is 7.23. The number of anilines is 1.